The van der Waals surface area contributed by atoms with Gasteiger partial charge >= 0.3 is 5.69 Å². The number of benzene rings is 1. The largest absolute Gasteiger partial charge is 0.480 e. The maximum Gasteiger partial charge on any atom is 0.368 e. The summed E-state index contributed by atoms with van der Waals surface area (Å²) in [7, 11) is 0. The summed E-state index contributed by atoms with van der Waals surface area (Å²) in [6.07, 6.45) is 5.23. The van der Waals surface area contributed by atoms with E-state index < -0.39 is 18.2 Å². The number of hydrogen-bond donors (Lipinski definition) is 0. The Balaban J connectivity index is 2.42. The highest BCUT2D eigenvalue weighted by atomic mass is 79.9. The topological polar surface area (TPSA) is 61.9 Å². The summed E-state index contributed by atoms with van der Waals surface area (Å²) in [4.78, 5) is 12.1. The highest BCUT2D eigenvalue weighted by molar-refractivity contribution is 9.10. The van der Waals surface area contributed by atoms with E-state index in [0.29, 0.717) is 4.47 Å². The van der Waals surface area contributed by atoms with E-state index in [1.165, 1.54) is 6.07 Å². The molecule has 1 aromatic carbocycles. The van der Waals surface area contributed by atoms with Gasteiger partial charge < -0.3 is 4.74 Å². The number of halogens is 3. The third-order valence-corrected chi connectivity index (χ3v) is 3.30. The van der Waals surface area contributed by atoms with Crippen LogP contribution in [0.3, 0.4) is 0 Å². The molecule has 0 atom stereocenters. The lowest BCUT2D eigenvalue weighted by Gasteiger charge is -2.08. The van der Waals surface area contributed by atoms with E-state index in [4.69, 9.17) is 11.2 Å². The van der Waals surface area contributed by atoms with Crippen molar-refractivity contribution in [3.05, 3.63) is 32.9 Å². The summed E-state index contributed by atoms with van der Waals surface area (Å²) in [5, 5.41) is 7.18. The zero-order chi connectivity index (χ0) is 16.1. The van der Waals surface area contributed by atoms with Crippen LogP contribution >= 0.6 is 15.9 Å². The smallest absolute Gasteiger partial charge is 0.368 e. The van der Waals surface area contributed by atoms with Crippen LogP contribution < -0.4 is 10.4 Å². The van der Waals surface area contributed by atoms with E-state index in [0.717, 1.165) is 15.4 Å². The third-order valence-electron chi connectivity index (χ3n) is 2.68. The van der Waals surface area contributed by atoms with Crippen molar-refractivity contribution in [3.63, 3.8) is 0 Å². The molecule has 0 N–H and O–H groups in total. The van der Waals surface area contributed by atoms with Crippen molar-refractivity contribution in [2.75, 3.05) is 13.3 Å². The predicted octanol–water partition coefficient (Wildman–Crippen LogP) is 1.70. The standard InChI is InChI=1S/C13H11BrF2N4O2/c1-2-6-22-12-8-11(10(16)7-9(12)14)20-13(21)19(17-18-20)5-3-4-15/h1,7-8H,3-6H2. The number of aryl methyl sites for hydroxylation is 1. The first-order chi connectivity index (χ1) is 10.6. The molecular weight excluding hydrogens is 362 g/mol. The minimum atomic E-state index is -0.695. The molecular formula is C13H11BrF2N4O2. The maximum absolute atomic E-state index is 14.1. The highest BCUT2D eigenvalue weighted by Gasteiger charge is 2.16. The molecule has 0 saturated carbocycles. The van der Waals surface area contributed by atoms with Crippen LogP contribution in [-0.2, 0) is 6.54 Å². The molecule has 1 heterocycles. The van der Waals surface area contributed by atoms with Crippen LogP contribution in [0.1, 0.15) is 6.42 Å². The van der Waals surface area contributed by atoms with Crippen LogP contribution in [0.2, 0.25) is 0 Å². The number of hydrogen-bond acceptors (Lipinski definition) is 4. The third kappa shape index (κ3) is 3.33. The van der Waals surface area contributed by atoms with E-state index >= 15 is 0 Å². The fraction of sp³-hybridized carbons (Fsp3) is 0.308. The molecule has 0 spiro atoms. The maximum atomic E-state index is 14.1. The second-order valence-electron chi connectivity index (χ2n) is 4.17. The van der Waals surface area contributed by atoms with Crippen molar-refractivity contribution < 1.29 is 13.5 Å². The van der Waals surface area contributed by atoms with Crippen molar-refractivity contribution >= 4 is 15.9 Å². The Morgan fingerprint density at radius 3 is 2.86 bits per heavy atom. The van der Waals surface area contributed by atoms with Gasteiger partial charge in [-0.25, -0.2) is 9.18 Å². The summed E-state index contributed by atoms with van der Waals surface area (Å²) in [5.41, 5.74) is -0.802. The van der Waals surface area contributed by atoms with Gasteiger partial charge in [0.25, 0.3) is 0 Å². The molecule has 22 heavy (non-hydrogen) atoms. The second kappa shape index (κ2) is 7.17. The van der Waals surface area contributed by atoms with Gasteiger partial charge in [-0.2, -0.15) is 9.36 Å². The van der Waals surface area contributed by atoms with Crippen LogP contribution in [0, 0.1) is 18.2 Å². The van der Waals surface area contributed by atoms with Crippen molar-refractivity contribution in [1.29, 1.82) is 0 Å². The van der Waals surface area contributed by atoms with Gasteiger partial charge in [0.05, 0.1) is 17.7 Å². The Morgan fingerprint density at radius 1 is 1.41 bits per heavy atom. The SMILES string of the molecule is C#CCOc1cc(-n2nnn(CCCF)c2=O)c(F)cc1Br. The minimum Gasteiger partial charge on any atom is -0.480 e. The Labute approximate surface area is 132 Å². The lowest BCUT2D eigenvalue weighted by atomic mass is 10.3. The number of nitrogens with zero attached hydrogens (tertiary/aromatic N) is 4. The average Bonchev–Trinajstić information content (AvgIpc) is 2.85. The molecule has 0 radical (unpaired) electrons. The highest BCUT2D eigenvalue weighted by Crippen LogP contribution is 2.29. The molecule has 6 nitrogen and oxygen atoms in total. The van der Waals surface area contributed by atoms with Crippen molar-refractivity contribution in [2.45, 2.75) is 13.0 Å². The monoisotopic (exact) mass is 372 g/mol. The fourth-order valence-electron chi connectivity index (χ4n) is 1.69. The fourth-order valence-corrected chi connectivity index (χ4v) is 2.12. The second-order valence-corrected chi connectivity index (χ2v) is 5.02. The number of terminal acetylenes is 1. The van der Waals surface area contributed by atoms with Crippen LogP contribution in [0.25, 0.3) is 5.69 Å². The van der Waals surface area contributed by atoms with Crippen molar-refractivity contribution in [3.8, 4) is 23.8 Å². The van der Waals surface area contributed by atoms with E-state index in [2.05, 4.69) is 32.3 Å². The Morgan fingerprint density at radius 2 is 2.18 bits per heavy atom. The van der Waals surface area contributed by atoms with Gasteiger partial charge in [-0.1, -0.05) is 5.92 Å². The molecule has 0 fully saturated rings. The number of ether oxygens (including phenoxy) is 1. The van der Waals surface area contributed by atoms with E-state index in [1.54, 1.807) is 0 Å². The quantitative estimate of drug-likeness (QED) is 0.724. The summed E-state index contributed by atoms with van der Waals surface area (Å²) in [6, 6.07) is 2.42. The van der Waals surface area contributed by atoms with Gasteiger partial charge in [0, 0.05) is 6.07 Å². The van der Waals surface area contributed by atoms with Crippen molar-refractivity contribution in [1.82, 2.24) is 19.8 Å². The van der Waals surface area contributed by atoms with Gasteiger partial charge in [0.2, 0.25) is 0 Å². The summed E-state index contributed by atoms with van der Waals surface area (Å²) < 4.78 is 33.5. The van der Waals surface area contributed by atoms with E-state index in [9.17, 15) is 13.6 Å². The Kier molecular flexibility index (Phi) is 5.27. The zero-order valence-electron chi connectivity index (χ0n) is 11.3. The normalized spacial score (nSPS) is 10.5. The van der Waals surface area contributed by atoms with E-state index in [-0.39, 0.29) is 31.0 Å². The van der Waals surface area contributed by atoms with Crippen LogP contribution in [0.5, 0.6) is 5.75 Å². The molecule has 0 amide bonds. The molecule has 2 rings (SSSR count). The summed E-state index contributed by atoms with van der Waals surface area (Å²) in [5.74, 6) is 1.85. The summed E-state index contributed by atoms with van der Waals surface area (Å²) >= 11 is 3.14. The first-order valence-corrected chi connectivity index (χ1v) is 7.02. The Hall–Kier alpha value is -2.21. The van der Waals surface area contributed by atoms with Gasteiger partial charge in [-0.15, -0.1) is 6.42 Å². The number of tetrazole rings is 1. The van der Waals surface area contributed by atoms with E-state index in [1.807, 2.05) is 0 Å². The number of aromatic nitrogens is 4. The van der Waals surface area contributed by atoms with Gasteiger partial charge in [0.15, 0.2) is 5.82 Å². The molecule has 0 aliphatic heterocycles. The minimum absolute atomic E-state index is 0.0121. The van der Waals surface area contributed by atoms with Gasteiger partial charge in [0.1, 0.15) is 18.0 Å². The predicted molar refractivity (Wildman–Crippen MR) is 78.2 cm³/mol. The summed E-state index contributed by atoms with van der Waals surface area (Å²) in [6.45, 7) is -0.536. The molecule has 0 aliphatic carbocycles. The Bertz CT molecular complexity index is 766. The number of alkyl halides is 1. The van der Waals surface area contributed by atoms with Crippen molar-refractivity contribution in [2.24, 2.45) is 0 Å². The van der Waals surface area contributed by atoms with Crippen LogP contribution in [0.4, 0.5) is 8.78 Å². The van der Waals surface area contributed by atoms with Gasteiger partial charge in [-0.3, -0.25) is 4.39 Å². The molecule has 0 saturated heterocycles. The number of rotatable bonds is 6. The molecule has 0 aliphatic rings. The van der Waals surface area contributed by atoms with Gasteiger partial charge in [-0.05, 0) is 38.8 Å². The first-order valence-electron chi connectivity index (χ1n) is 6.23. The first kappa shape index (κ1) is 16.2. The molecule has 116 valence electrons. The van der Waals surface area contributed by atoms with Crippen LogP contribution in [-0.4, -0.2) is 33.1 Å². The molecule has 1 aromatic heterocycles. The molecule has 0 unspecified atom stereocenters. The molecule has 9 heteroatoms. The van der Waals surface area contributed by atoms with Crippen LogP contribution in [0.15, 0.2) is 21.4 Å². The lowest BCUT2D eigenvalue weighted by Crippen LogP contribution is -2.25. The molecule has 0 bridgehead atoms. The lowest BCUT2D eigenvalue weighted by molar-refractivity contribution is 0.366. The zero-order valence-corrected chi connectivity index (χ0v) is 12.9. The average molecular weight is 373 g/mol. The molecule has 2 aromatic rings.